The van der Waals surface area contributed by atoms with Crippen LogP contribution in [0.25, 0.3) is 0 Å². The molecule has 3 nitrogen and oxygen atoms in total. The Morgan fingerprint density at radius 3 is 2.15 bits per heavy atom. The van der Waals surface area contributed by atoms with E-state index in [0.29, 0.717) is 0 Å². The molecule has 2 aromatic carbocycles. The first-order valence-corrected chi connectivity index (χ1v) is 7.57. The molecule has 5 heteroatoms. The summed E-state index contributed by atoms with van der Waals surface area (Å²) in [7, 11) is 3.27. The molecule has 0 aliphatic carbocycles. The Hall–Kier alpha value is -1.04. The van der Waals surface area contributed by atoms with Gasteiger partial charge in [-0.1, -0.05) is 31.9 Å². The van der Waals surface area contributed by atoms with E-state index in [-0.39, 0.29) is 6.04 Å². The van der Waals surface area contributed by atoms with Crippen LogP contribution in [0.5, 0.6) is 11.5 Å². The van der Waals surface area contributed by atoms with E-state index in [2.05, 4.69) is 31.9 Å². The van der Waals surface area contributed by atoms with Gasteiger partial charge in [0.05, 0.1) is 20.3 Å². The topological polar surface area (TPSA) is 44.5 Å². The zero-order valence-corrected chi connectivity index (χ0v) is 14.4. The lowest BCUT2D eigenvalue weighted by Gasteiger charge is -2.18. The first-order chi connectivity index (χ1) is 9.55. The Morgan fingerprint density at radius 2 is 1.60 bits per heavy atom. The van der Waals surface area contributed by atoms with E-state index in [1.165, 1.54) is 0 Å². The predicted molar refractivity (Wildman–Crippen MR) is 87.4 cm³/mol. The second kappa shape index (κ2) is 6.61. The summed E-state index contributed by atoms with van der Waals surface area (Å²) in [5.41, 5.74) is 8.25. The second-order valence-corrected chi connectivity index (χ2v) is 6.12. The Balaban J connectivity index is 2.48. The third kappa shape index (κ3) is 3.34. The maximum Gasteiger partial charge on any atom is 0.124 e. The summed E-state index contributed by atoms with van der Waals surface area (Å²) in [6.07, 6.45) is 0. The molecule has 0 aliphatic rings. The first kappa shape index (κ1) is 15.4. The zero-order valence-electron chi connectivity index (χ0n) is 11.2. The molecule has 0 aliphatic heterocycles. The van der Waals surface area contributed by atoms with Gasteiger partial charge in [-0.3, -0.25) is 0 Å². The Kier molecular flexibility index (Phi) is 5.07. The number of nitrogens with two attached hydrogens (primary N) is 1. The van der Waals surface area contributed by atoms with E-state index in [4.69, 9.17) is 15.2 Å². The van der Waals surface area contributed by atoms with Gasteiger partial charge >= 0.3 is 0 Å². The van der Waals surface area contributed by atoms with E-state index < -0.39 is 0 Å². The van der Waals surface area contributed by atoms with Crippen molar-refractivity contribution in [2.24, 2.45) is 5.73 Å². The highest BCUT2D eigenvalue weighted by Crippen LogP contribution is 2.33. The molecule has 0 aromatic heterocycles. The molecule has 2 rings (SSSR count). The van der Waals surface area contributed by atoms with Gasteiger partial charge in [-0.25, -0.2) is 0 Å². The van der Waals surface area contributed by atoms with E-state index in [0.717, 1.165) is 31.6 Å². The molecule has 0 bridgehead atoms. The molecule has 0 spiro atoms. The van der Waals surface area contributed by atoms with Crippen molar-refractivity contribution in [3.8, 4) is 11.5 Å². The molecule has 0 radical (unpaired) electrons. The average Bonchev–Trinajstić information content (AvgIpc) is 2.44. The smallest absolute Gasteiger partial charge is 0.124 e. The molecule has 20 heavy (non-hydrogen) atoms. The third-order valence-corrected chi connectivity index (χ3v) is 3.93. The number of rotatable bonds is 4. The number of hydrogen-bond acceptors (Lipinski definition) is 3. The Bertz CT molecular complexity index is 597. The quantitative estimate of drug-likeness (QED) is 0.832. The lowest BCUT2D eigenvalue weighted by atomic mass is 9.98. The van der Waals surface area contributed by atoms with Gasteiger partial charge in [-0.05, 0) is 42.0 Å². The molecule has 0 amide bonds. The van der Waals surface area contributed by atoms with Crippen LogP contribution in [0.2, 0.25) is 0 Å². The maximum absolute atomic E-state index is 6.38. The molecule has 2 N–H and O–H groups in total. The van der Waals surface area contributed by atoms with Crippen molar-refractivity contribution in [3.63, 3.8) is 0 Å². The minimum atomic E-state index is -0.297. The standard InChI is InChI=1S/C15H15Br2NO2/c1-19-12-3-4-14(20-2)13(8-12)15(18)9-5-10(16)7-11(17)6-9/h3-8,15H,18H2,1-2H3. The summed E-state index contributed by atoms with van der Waals surface area (Å²) in [5, 5.41) is 0. The highest BCUT2D eigenvalue weighted by Gasteiger charge is 2.16. The van der Waals surface area contributed by atoms with Gasteiger partial charge < -0.3 is 15.2 Å². The van der Waals surface area contributed by atoms with E-state index in [1.54, 1.807) is 14.2 Å². The lowest BCUT2D eigenvalue weighted by molar-refractivity contribution is 0.397. The molecule has 0 saturated carbocycles. The molecule has 2 aromatic rings. The van der Waals surface area contributed by atoms with Crippen molar-refractivity contribution in [1.82, 2.24) is 0 Å². The molecule has 106 valence electrons. The third-order valence-electron chi connectivity index (χ3n) is 3.02. The first-order valence-electron chi connectivity index (χ1n) is 5.98. The SMILES string of the molecule is COc1ccc(OC)c(C(N)c2cc(Br)cc(Br)c2)c1. The molecule has 1 atom stereocenters. The largest absolute Gasteiger partial charge is 0.497 e. The Morgan fingerprint density at radius 1 is 0.950 bits per heavy atom. The summed E-state index contributed by atoms with van der Waals surface area (Å²) in [5.74, 6) is 1.50. The van der Waals surface area contributed by atoms with E-state index >= 15 is 0 Å². The fraction of sp³-hybridized carbons (Fsp3) is 0.200. The number of methoxy groups -OCH3 is 2. The highest BCUT2D eigenvalue weighted by atomic mass is 79.9. The molecule has 0 heterocycles. The Labute approximate surface area is 135 Å². The van der Waals surface area contributed by atoms with Crippen molar-refractivity contribution in [1.29, 1.82) is 0 Å². The lowest BCUT2D eigenvalue weighted by Crippen LogP contribution is -2.13. The van der Waals surface area contributed by atoms with Crippen molar-refractivity contribution in [2.75, 3.05) is 14.2 Å². The monoisotopic (exact) mass is 399 g/mol. The normalized spacial score (nSPS) is 12.1. The van der Waals surface area contributed by atoms with Crippen LogP contribution in [0.15, 0.2) is 45.3 Å². The van der Waals surface area contributed by atoms with Gasteiger partial charge in [0.1, 0.15) is 11.5 Å². The van der Waals surface area contributed by atoms with E-state index in [1.807, 2.05) is 36.4 Å². The van der Waals surface area contributed by atoms with Crippen molar-refractivity contribution in [2.45, 2.75) is 6.04 Å². The van der Waals surface area contributed by atoms with Crippen LogP contribution in [0.3, 0.4) is 0 Å². The summed E-state index contributed by atoms with van der Waals surface area (Å²) in [6, 6.07) is 11.3. The molecular formula is C15H15Br2NO2. The van der Waals surface area contributed by atoms with Crippen LogP contribution in [0, 0.1) is 0 Å². The van der Waals surface area contributed by atoms with Gasteiger partial charge in [-0.15, -0.1) is 0 Å². The average molecular weight is 401 g/mol. The van der Waals surface area contributed by atoms with E-state index in [9.17, 15) is 0 Å². The fourth-order valence-corrected chi connectivity index (χ4v) is 3.35. The molecule has 0 saturated heterocycles. The van der Waals surface area contributed by atoms with Crippen LogP contribution in [-0.2, 0) is 0 Å². The zero-order chi connectivity index (χ0) is 14.7. The number of ether oxygens (including phenoxy) is 2. The number of hydrogen-bond donors (Lipinski definition) is 1. The van der Waals surface area contributed by atoms with Crippen LogP contribution < -0.4 is 15.2 Å². The summed E-state index contributed by atoms with van der Waals surface area (Å²) < 4.78 is 12.6. The summed E-state index contributed by atoms with van der Waals surface area (Å²) in [4.78, 5) is 0. The maximum atomic E-state index is 6.38. The number of benzene rings is 2. The van der Waals surface area contributed by atoms with Crippen LogP contribution >= 0.6 is 31.9 Å². The van der Waals surface area contributed by atoms with Crippen molar-refractivity contribution >= 4 is 31.9 Å². The molecule has 1 unspecified atom stereocenters. The highest BCUT2D eigenvalue weighted by molar-refractivity contribution is 9.11. The minimum absolute atomic E-state index is 0.297. The summed E-state index contributed by atoms with van der Waals surface area (Å²) in [6.45, 7) is 0. The van der Waals surface area contributed by atoms with Crippen LogP contribution in [0.1, 0.15) is 17.2 Å². The van der Waals surface area contributed by atoms with Crippen molar-refractivity contribution in [3.05, 3.63) is 56.5 Å². The van der Waals surface area contributed by atoms with Gasteiger partial charge in [0, 0.05) is 14.5 Å². The molecular weight excluding hydrogens is 386 g/mol. The second-order valence-electron chi connectivity index (χ2n) is 4.29. The van der Waals surface area contributed by atoms with Crippen molar-refractivity contribution < 1.29 is 9.47 Å². The fourth-order valence-electron chi connectivity index (χ4n) is 2.02. The van der Waals surface area contributed by atoms with Gasteiger partial charge in [0.15, 0.2) is 0 Å². The van der Waals surface area contributed by atoms with Gasteiger partial charge in [0.25, 0.3) is 0 Å². The van der Waals surface area contributed by atoms with Gasteiger partial charge in [-0.2, -0.15) is 0 Å². The minimum Gasteiger partial charge on any atom is -0.497 e. The van der Waals surface area contributed by atoms with Crippen LogP contribution in [0.4, 0.5) is 0 Å². The molecule has 0 fully saturated rings. The predicted octanol–water partition coefficient (Wildman–Crippen LogP) is 4.28. The van der Waals surface area contributed by atoms with Gasteiger partial charge in [0.2, 0.25) is 0 Å². The summed E-state index contributed by atoms with van der Waals surface area (Å²) >= 11 is 6.95. The number of halogens is 2. The van der Waals surface area contributed by atoms with Crippen LogP contribution in [-0.4, -0.2) is 14.2 Å².